The zero-order chi connectivity index (χ0) is 13.2. The van der Waals surface area contributed by atoms with Crippen LogP contribution in [0.4, 0.5) is 0 Å². The van der Waals surface area contributed by atoms with Gasteiger partial charge in [0.15, 0.2) is 0 Å². The first-order valence-electron chi connectivity index (χ1n) is 6.98. The van der Waals surface area contributed by atoms with Crippen molar-refractivity contribution in [3.05, 3.63) is 35.9 Å². The third-order valence-electron chi connectivity index (χ3n) is 3.21. The molecule has 0 N–H and O–H groups in total. The van der Waals surface area contributed by atoms with Crippen molar-refractivity contribution in [2.45, 2.75) is 52.6 Å². The van der Waals surface area contributed by atoms with Crippen LogP contribution in [0.3, 0.4) is 0 Å². The summed E-state index contributed by atoms with van der Waals surface area (Å²) in [5, 5.41) is 0. The van der Waals surface area contributed by atoms with Gasteiger partial charge in [-0.15, -0.1) is 0 Å². The second-order valence-electron chi connectivity index (χ2n) is 4.69. The molecule has 0 radical (unpaired) electrons. The molecule has 0 amide bonds. The molecule has 0 spiro atoms. The molecule has 1 aromatic rings. The van der Waals surface area contributed by atoms with Gasteiger partial charge in [-0.1, -0.05) is 63.4 Å². The molecular weight excluding hydrogens is 224 g/mol. The first-order valence-corrected chi connectivity index (χ1v) is 6.98. The summed E-state index contributed by atoms with van der Waals surface area (Å²) in [4.78, 5) is 11.9. The third kappa shape index (κ3) is 5.35. The minimum Gasteiger partial charge on any atom is -0.461 e. The van der Waals surface area contributed by atoms with Crippen LogP contribution in [-0.2, 0) is 16.1 Å². The molecular formula is C16H24O2. The van der Waals surface area contributed by atoms with Crippen LogP contribution < -0.4 is 0 Å². The summed E-state index contributed by atoms with van der Waals surface area (Å²) in [7, 11) is 0. The van der Waals surface area contributed by atoms with Crippen LogP contribution in [0.15, 0.2) is 30.3 Å². The van der Waals surface area contributed by atoms with Crippen LogP contribution in [0, 0.1) is 5.92 Å². The topological polar surface area (TPSA) is 26.3 Å². The van der Waals surface area contributed by atoms with E-state index >= 15 is 0 Å². The van der Waals surface area contributed by atoms with E-state index in [4.69, 9.17) is 4.74 Å². The van der Waals surface area contributed by atoms with E-state index in [0.29, 0.717) is 6.61 Å². The van der Waals surface area contributed by atoms with Crippen LogP contribution in [0.1, 0.15) is 51.5 Å². The highest BCUT2D eigenvalue weighted by Gasteiger charge is 2.17. The average molecular weight is 248 g/mol. The van der Waals surface area contributed by atoms with Crippen molar-refractivity contribution in [1.82, 2.24) is 0 Å². The minimum absolute atomic E-state index is 0.0440. The number of hydrogen-bond acceptors (Lipinski definition) is 2. The van der Waals surface area contributed by atoms with E-state index in [1.807, 2.05) is 30.3 Å². The van der Waals surface area contributed by atoms with Gasteiger partial charge >= 0.3 is 5.97 Å². The van der Waals surface area contributed by atoms with E-state index < -0.39 is 0 Å². The summed E-state index contributed by atoms with van der Waals surface area (Å²) >= 11 is 0. The van der Waals surface area contributed by atoms with Crippen molar-refractivity contribution in [3.8, 4) is 0 Å². The van der Waals surface area contributed by atoms with Gasteiger partial charge in [0.2, 0.25) is 0 Å². The number of benzene rings is 1. The molecule has 0 aliphatic rings. The zero-order valence-electron chi connectivity index (χ0n) is 11.5. The maximum absolute atomic E-state index is 11.9. The van der Waals surface area contributed by atoms with E-state index in [0.717, 1.165) is 24.8 Å². The van der Waals surface area contributed by atoms with Gasteiger partial charge in [-0.3, -0.25) is 4.79 Å². The van der Waals surface area contributed by atoms with E-state index in [2.05, 4.69) is 13.8 Å². The van der Waals surface area contributed by atoms with E-state index in [1.54, 1.807) is 0 Å². The Kier molecular flexibility index (Phi) is 7.16. The number of esters is 1. The molecule has 0 aromatic heterocycles. The SMILES string of the molecule is CCCCC[C@H](CC)C(=O)OCc1ccccc1. The molecule has 1 aromatic carbocycles. The summed E-state index contributed by atoms with van der Waals surface area (Å²) in [6.45, 7) is 4.62. The lowest BCUT2D eigenvalue weighted by Crippen LogP contribution is -2.17. The molecule has 0 fully saturated rings. The Labute approximate surface area is 110 Å². The molecule has 0 bridgehead atoms. The highest BCUT2D eigenvalue weighted by atomic mass is 16.5. The summed E-state index contributed by atoms with van der Waals surface area (Å²) in [5.41, 5.74) is 1.05. The lowest BCUT2D eigenvalue weighted by molar-refractivity contribution is -0.150. The van der Waals surface area contributed by atoms with Gasteiger partial charge in [-0.05, 0) is 18.4 Å². The van der Waals surface area contributed by atoms with Crippen LogP contribution in [0.25, 0.3) is 0 Å². The molecule has 18 heavy (non-hydrogen) atoms. The summed E-state index contributed by atoms with van der Waals surface area (Å²) in [5.74, 6) is 0.0257. The fraction of sp³-hybridized carbons (Fsp3) is 0.562. The van der Waals surface area contributed by atoms with Crippen molar-refractivity contribution in [2.75, 3.05) is 0 Å². The Morgan fingerprint density at radius 1 is 1.17 bits per heavy atom. The van der Waals surface area contributed by atoms with Gasteiger partial charge in [0.05, 0.1) is 5.92 Å². The van der Waals surface area contributed by atoms with Gasteiger partial charge in [0.25, 0.3) is 0 Å². The number of unbranched alkanes of at least 4 members (excludes halogenated alkanes) is 2. The van der Waals surface area contributed by atoms with Crippen molar-refractivity contribution >= 4 is 5.97 Å². The number of carbonyl (C=O) groups is 1. The molecule has 2 heteroatoms. The molecule has 1 rings (SSSR count). The number of carbonyl (C=O) groups excluding carboxylic acids is 1. The van der Waals surface area contributed by atoms with E-state index in [1.165, 1.54) is 12.8 Å². The fourth-order valence-corrected chi connectivity index (χ4v) is 1.98. The van der Waals surface area contributed by atoms with Crippen molar-refractivity contribution < 1.29 is 9.53 Å². The predicted octanol–water partition coefficient (Wildman–Crippen LogP) is 4.34. The fourth-order valence-electron chi connectivity index (χ4n) is 1.98. The monoisotopic (exact) mass is 248 g/mol. The molecule has 0 heterocycles. The maximum Gasteiger partial charge on any atom is 0.309 e. The summed E-state index contributed by atoms with van der Waals surface area (Å²) in [6, 6.07) is 9.84. The molecule has 0 saturated carbocycles. The molecule has 2 nitrogen and oxygen atoms in total. The van der Waals surface area contributed by atoms with Crippen LogP contribution >= 0.6 is 0 Å². The number of ether oxygens (including phenoxy) is 1. The first kappa shape index (κ1) is 14.7. The molecule has 0 saturated heterocycles. The lowest BCUT2D eigenvalue weighted by atomic mass is 9.99. The lowest BCUT2D eigenvalue weighted by Gasteiger charge is -2.13. The Balaban J connectivity index is 2.33. The highest BCUT2D eigenvalue weighted by Crippen LogP contribution is 2.16. The quantitative estimate of drug-likeness (QED) is 0.505. The van der Waals surface area contributed by atoms with Gasteiger partial charge in [0.1, 0.15) is 6.61 Å². The van der Waals surface area contributed by atoms with Gasteiger partial charge in [-0.25, -0.2) is 0 Å². The van der Waals surface area contributed by atoms with Crippen LogP contribution in [0.5, 0.6) is 0 Å². The average Bonchev–Trinajstić information content (AvgIpc) is 2.42. The Bertz CT molecular complexity index is 332. The molecule has 0 aliphatic carbocycles. The Hall–Kier alpha value is -1.31. The standard InChI is InChI=1S/C16H24O2/c1-3-5-7-12-15(4-2)16(17)18-13-14-10-8-6-9-11-14/h6,8-11,15H,3-5,7,12-13H2,1-2H3/t15-/m0/s1. The van der Waals surface area contributed by atoms with Gasteiger partial charge in [0, 0.05) is 0 Å². The predicted molar refractivity (Wildman–Crippen MR) is 74.2 cm³/mol. The van der Waals surface area contributed by atoms with Crippen molar-refractivity contribution in [2.24, 2.45) is 5.92 Å². The highest BCUT2D eigenvalue weighted by molar-refractivity contribution is 5.72. The van der Waals surface area contributed by atoms with Crippen LogP contribution in [0.2, 0.25) is 0 Å². The van der Waals surface area contributed by atoms with Crippen molar-refractivity contribution in [1.29, 1.82) is 0 Å². The van der Waals surface area contributed by atoms with Crippen molar-refractivity contribution in [3.63, 3.8) is 0 Å². The second kappa shape index (κ2) is 8.73. The maximum atomic E-state index is 11.9. The third-order valence-corrected chi connectivity index (χ3v) is 3.21. The smallest absolute Gasteiger partial charge is 0.309 e. The van der Waals surface area contributed by atoms with E-state index in [9.17, 15) is 4.79 Å². The molecule has 0 unspecified atom stereocenters. The second-order valence-corrected chi connectivity index (χ2v) is 4.69. The first-order chi connectivity index (χ1) is 8.77. The number of hydrogen-bond donors (Lipinski definition) is 0. The van der Waals surface area contributed by atoms with Crippen LogP contribution in [-0.4, -0.2) is 5.97 Å². The molecule has 100 valence electrons. The zero-order valence-corrected chi connectivity index (χ0v) is 11.5. The summed E-state index contributed by atoms with van der Waals surface area (Å²) in [6.07, 6.45) is 5.34. The number of rotatable bonds is 8. The van der Waals surface area contributed by atoms with E-state index in [-0.39, 0.29) is 11.9 Å². The Morgan fingerprint density at radius 2 is 1.89 bits per heavy atom. The largest absolute Gasteiger partial charge is 0.461 e. The molecule has 1 atom stereocenters. The van der Waals surface area contributed by atoms with Gasteiger partial charge < -0.3 is 4.74 Å². The minimum atomic E-state index is -0.0440. The normalized spacial score (nSPS) is 12.1. The summed E-state index contributed by atoms with van der Waals surface area (Å²) < 4.78 is 5.37. The Morgan fingerprint density at radius 3 is 2.50 bits per heavy atom. The van der Waals surface area contributed by atoms with Gasteiger partial charge in [-0.2, -0.15) is 0 Å². The molecule has 0 aliphatic heterocycles.